The van der Waals surface area contributed by atoms with E-state index in [1.165, 1.54) is 11.3 Å². The molecule has 0 N–H and O–H groups in total. The number of ketones is 1. The third kappa shape index (κ3) is 3.44. The standard InChI is InChI=1S/C10H16OS/c1-8(2)5-6-12-10-4-3-9(11)7-10/h7-8H,3-6H2,1-2H3. The van der Waals surface area contributed by atoms with Gasteiger partial charge in [0.05, 0.1) is 0 Å². The van der Waals surface area contributed by atoms with Crippen molar-refractivity contribution in [2.24, 2.45) is 5.92 Å². The second kappa shape index (κ2) is 4.70. The molecule has 0 bridgehead atoms. The van der Waals surface area contributed by atoms with E-state index in [0.717, 1.165) is 24.5 Å². The van der Waals surface area contributed by atoms with Gasteiger partial charge in [-0.05, 0) is 35.5 Å². The van der Waals surface area contributed by atoms with Crippen LogP contribution in [0.3, 0.4) is 0 Å². The third-order valence-corrected chi connectivity index (χ3v) is 3.06. The Morgan fingerprint density at radius 1 is 1.50 bits per heavy atom. The van der Waals surface area contributed by atoms with Crippen molar-refractivity contribution in [3.8, 4) is 0 Å². The Kier molecular flexibility index (Phi) is 3.86. The third-order valence-electron chi connectivity index (χ3n) is 1.92. The van der Waals surface area contributed by atoms with Gasteiger partial charge in [0.1, 0.15) is 0 Å². The largest absolute Gasteiger partial charge is 0.295 e. The Bertz CT molecular complexity index is 194. The van der Waals surface area contributed by atoms with Crippen LogP contribution in [-0.4, -0.2) is 11.5 Å². The maximum Gasteiger partial charge on any atom is 0.156 e. The Hall–Kier alpha value is -0.240. The summed E-state index contributed by atoms with van der Waals surface area (Å²) in [5, 5.41) is 0. The topological polar surface area (TPSA) is 17.1 Å². The zero-order valence-electron chi connectivity index (χ0n) is 7.80. The molecule has 0 aromatic carbocycles. The van der Waals surface area contributed by atoms with Crippen LogP contribution in [0.2, 0.25) is 0 Å². The number of hydrogen-bond acceptors (Lipinski definition) is 2. The molecule has 0 fully saturated rings. The van der Waals surface area contributed by atoms with E-state index in [4.69, 9.17) is 0 Å². The molecular weight excluding hydrogens is 168 g/mol. The van der Waals surface area contributed by atoms with Gasteiger partial charge in [0.25, 0.3) is 0 Å². The monoisotopic (exact) mass is 184 g/mol. The molecule has 1 aliphatic carbocycles. The number of hydrogen-bond donors (Lipinski definition) is 0. The number of carbonyl (C=O) groups is 1. The summed E-state index contributed by atoms with van der Waals surface area (Å²) in [6, 6.07) is 0. The van der Waals surface area contributed by atoms with E-state index in [0.29, 0.717) is 5.78 Å². The molecular formula is C10H16OS. The number of rotatable bonds is 4. The minimum Gasteiger partial charge on any atom is -0.295 e. The number of carbonyl (C=O) groups excluding carboxylic acids is 1. The van der Waals surface area contributed by atoms with Crippen LogP contribution in [0.4, 0.5) is 0 Å². The lowest BCUT2D eigenvalue weighted by Crippen LogP contribution is -1.89. The molecule has 68 valence electrons. The highest BCUT2D eigenvalue weighted by molar-refractivity contribution is 8.03. The van der Waals surface area contributed by atoms with Gasteiger partial charge < -0.3 is 0 Å². The number of thioether (sulfide) groups is 1. The first-order valence-corrected chi connectivity index (χ1v) is 5.53. The van der Waals surface area contributed by atoms with Crippen LogP contribution in [-0.2, 0) is 4.79 Å². The first kappa shape index (κ1) is 9.85. The summed E-state index contributed by atoms with van der Waals surface area (Å²) in [4.78, 5) is 12.2. The first-order chi connectivity index (χ1) is 5.68. The van der Waals surface area contributed by atoms with Crippen LogP contribution in [0.25, 0.3) is 0 Å². The average molecular weight is 184 g/mol. The van der Waals surface area contributed by atoms with E-state index in [2.05, 4.69) is 13.8 Å². The molecule has 0 aromatic rings. The summed E-state index contributed by atoms with van der Waals surface area (Å²) in [6.07, 6.45) is 4.78. The molecule has 1 rings (SSSR count). The van der Waals surface area contributed by atoms with Crippen LogP contribution in [0.15, 0.2) is 11.0 Å². The summed E-state index contributed by atoms with van der Waals surface area (Å²) in [5.41, 5.74) is 0. The number of allylic oxidation sites excluding steroid dienone is 2. The van der Waals surface area contributed by atoms with Crippen molar-refractivity contribution in [3.63, 3.8) is 0 Å². The second-order valence-electron chi connectivity index (χ2n) is 3.61. The quantitative estimate of drug-likeness (QED) is 0.668. The van der Waals surface area contributed by atoms with Crippen molar-refractivity contribution in [1.82, 2.24) is 0 Å². The van der Waals surface area contributed by atoms with Gasteiger partial charge in [0.2, 0.25) is 0 Å². The van der Waals surface area contributed by atoms with Crippen molar-refractivity contribution >= 4 is 17.5 Å². The molecule has 12 heavy (non-hydrogen) atoms. The molecule has 0 spiro atoms. The van der Waals surface area contributed by atoms with E-state index in [-0.39, 0.29) is 0 Å². The maximum absolute atomic E-state index is 10.9. The van der Waals surface area contributed by atoms with Crippen molar-refractivity contribution in [2.75, 3.05) is 5.75 Å². The second-order valence-corrected chi connectivity index (χ2v) is 4.83. The van der Waals surface area contributed by atoms with Crippen LogP contribution in [0.5, 0.6) is 0 Å². The summed E-state index contributed by atoms with van der Waals surface area (Å²) < 4.78 is 0. The molecule has 0 saturated heterocycles. The highest BCUT2D eigenvalue weighted by Gasteiger charge is 2.11. The fraction of sp³-hybridized carbons (Fsp3) is 0.700. The Labute approximate surface area is 78.6 Å². The zero-order chi connectivity index (χ0) is 8.97. The lowest BCUT2D eigenvalue weighted by atomic mass is 10.2. The summed E-state index contributed by atoms with van der Waals surface area (Å²) in [5.74, 6) is 2.24. The van der Waals surface area contributed by atoms with E-state index in [1.807, 2.05) is 17.8 Å². The van der Waals surface area contributed by atoms with Crippen LogP contribution in [0, 0.1) is 5.92 Å². The molecule has 1 aliphatic rings. The minimum absolute atomic E-state index is 0.307. The van der Waals surface area contributed by atoms with Crippen molar-refractivity contribution in [2.45, 2.75) is 33.1 Å². The maximum atomic E-state index is 10.9. The molecule has 0 heterocycles. The van der Waals surface area contributed by atoms with Crippen LogP contribution >= 0.6 is 11.8 Å². The van der Waals surface area contributed by atoms with Gasteiger partial charge in [-0.25, -0.2) is 0 Å². The first-order valence-electron chi connectivity index (χ1n) is 4.54. The van der Waals surface area contributed by atoms with Gasteiger partial charge >= 0.3 is 0 Å². The van der Waals surface area contributed by atoms with Crippen molar-refractivity contribution < 1.29 is 4.79 Å². The predicted molar refractivity (Wildman–Crippen MR) is 54.2 cm³/mol. The minimum atomic E-state index is 0.307. The van der Waals surface area contributed by atoms with Gasteiger partial charge in [-0.2, -0.15) is 0 Å². The van der Waals surface area contributed by atoms with E-state index in [1.54, 1.807) is 0 Å². The zero-order valence-corrected chi connectivity index (χ0v) is 8.62. The van der Waals surface area contributed by atoms with Gasteiger partial charge in [-0.15, -0.1) is 11.8 Å². The molecule has 0 unspecified atom stereocenters. The van der Waals surface area contributed by atoms with E-state index < -0.39 is 0 Å². The fourth-order valence-corrected chi connectivity index (χ4v) is 2.42. The molecule has 0 saturated carbocycles. The molecule has 0 radical (unpaired) electrons. The van der Waals surface area contributed by atoms with Gasteiger partial charge in [-0.1, -0.05) is 13.8 Å². The molecule has 1 nitrogen and oxygen atoms in total. The van der Waals surface area contributed by atoms with Gasteiger partial charge in [-0.3, -0.25) is 4.79 Å². The van der Waals surface area contributed by atoms with Gasteiger partial charge in [0.15, 0.2) is 5.78 Å². The Morgan fingerprint density at radius 2 is 2.25 bits per heavy atom. The van der Waals surface area contributed by atoms with Crippen LogP contribution < -0.4 is 0 Å². The van der Waals surface area contributed by atoms with Crippen LogP contribution in [0.1, 0.15) is 33.1 Å². The highest BCUT2D eigenvalue weighted by Crippen LogP contribution is 2.27. The van der Waals surface area contributed by atoms with E-state index in [9.17, 15) is 4.79 Å². The molecule has 0 aliphatic heterocycles. The molecule has 2 heteroatoms. The molecule has 0 aromatic heterocycles. The normalized spacial score (nSPS) is 17.2. The van der Waals surface area contributed by atoms with Crippen molar-refractivity contribution in [3.05, 3.63) is 11.0 Å². The van der Waals surface area contributed by atoms with Gasteiger partial charge in [0, 0.05) is 6.42 Å². The Morgan fingerprint density at radius 3 is 2.75 bits per heavy atom. The Balaban J connectivity index is 2.16. The lowest BCUT2D eigenvalue weighted by molar-refractivity contribution is -0.114. The fourth-order valence-electron chi connectivity index (χ4n) is 1.11. The van der Waals surface area contributed by atoms with E-state index >= 15 is 0 Å². The summed E-state index contributed by atoms with van der Waals surface area (Å²) in [6.45, 7) is 4.46. The average Bonchev–Trinajstić information content (AvgIpc) is 2.35. The SMILES string of the molecule is CC(C)CCSC1=CC(=O)CC1. The summed E-state index contributed by atoms with van der Waals surface area (Å²) >= 11 is 1.86. The molecule has 0 atom stereocenters. The molecule has 0 amide bonds. The highest BCUT2D eigenvalue weighted by atomic mass is 32.2. The smallest absolute Gasteiger partial charge is 0.156 e. The lowest BCUT2D eigenvalue weighted by Gasteiger charge is -2.03. The predicted octanol–water partition coefficient (Wildman–Crippen LogP) is 3.01. The summed E-state index contributed by atoms with van der Waals surface area (Å²) in [7, 11) is 0. The van der Waals surface area contributed by atoms with Crippen molar-refractivity contribution in [1.29, 1.82) is 0 Å².